The van der Waals surface area contributed by atoms with E-state index in [-0.39, 0.29) is 29.1 Å². The minimum Gasteiger partial charge on any atom is -0.464 e. The van der Waals surface area contributed by atoms with Crippen molar-refractivity contribution < 1.29 is 31.5 Å². The number of aryl methyl sites for hydroxylation is 1. The molecule has 2 atom stereocenters. The molecule has 2 aromatic carbocycles. The summed E-state index contributed by atoms with van der Waals surface area (Å²) < 4.78 is 47.8. The van der Waals surface area contributed by atoms with Gasteiger partial charge in [-0.2, -0.15) is 0 Å². The third-order valence-electron chi connectivity index (χ3n) is 6.14. The average Bonchev–Trinajstić information content (AvgIpc) is 3.29. The summed E-state index contributed by atoms with van der Waals surface area (Å²) in [4.78, 5) is 25.2. The van der Waals surface area contributed by atoms with Crippen molar-refractivity contribution in [2.75, 3.05) is 11.5 Å². The first-order valence-corrected chi connectivity index (χ1v) is 12.3. The van der Waals surface area contributed by atoms with Gasteiger partial charge in [0, 0.05) is 22.4 Å². The number of benzene rings is 2. The normalized spacial score (nSPS) is 19.6. The molecule has 0 unspecified atom stereocenters. The molecule has 0 bridgehead atoms. The fourth-order valence-corrected chi connectivity index (χ4v) is 6.09. The number of aliphatic hydroxyl groups is 1. The molecule has 10 heteroatoms. The van der Waals surface area contributed by atoms with Crippen LogP contribution in [0.25, 0.3) is 33.1 Å². The van der Waals surface area contributed by atoms with Gasteiger partial charge in [0.15, 0.2) is 9.84 Å². The SMILES string of the molecule is Cc1c(CC(=O)N[C@@H]2CS(=O)(=O)C[C@@H]2O)c(=O)oc2cc3occ(-c4ccc(F)cc4)c3cc12. The van der Waals surface area contributed by atoms with E-state index in [4.69, 9.17) is 8.83 Å². The van der Waals surface area contributed by atoms with Crippen LogP contribution in [0.4, 0.5) is 4.39 Å². The molecule has 3 heterocycles. The van der Waals surface area contributed by atoms with E-state index in [1.807, 2.05) is 0 Å². The number of carbonyl (C=O) groups excluding carboxylic acids is 1. The molecule has 1 aliphatic heterocycles. The first-order valence-electron chi connectivity index (χ1n) is 10.5. The van der Waals surface area contributed by atoms with Gasteiger partial charge in [0.05, 0.1) is 41.9 Å². The van der Waals surface area contributed by atoms with Crippen molar-refractivity contribution >= 4 is 37.7 Å². The highest BCUT2D eigenvalue weighted by Crippen LogP contribution is 2.34. The van der Waals surface area contributed by atoms with Crippen LogP contribution in [0, 0.1) is 12.7 Å². The van der Waals surface area contributed by atoms with Gasteiger partial charge in [-0.25, -0.2) is 17.6 Å². The maximum Gasteiger partial charge on any atom is 0.340 e. The van der Waals surface area contributed by atoms with Crippen molar-refractivity contribution in [3.8, 4) is 11.1 Å². The molecule has 1 fully saturated rings. The van der Waals surface area contributed by atoms with Crippen molar-refractivity contribution in [3.05, 3.63) is 70.0 Å². The molecular formula is C24H20FNO7S. The molecule has 176 valence electrons. The Morgan fingerprint density at radius 1 is 1.15 bits per heavy atom. The Balaban J connectivity index is 1.51. The summed E-state index contributed by atoms with van der Waals surface area (Å²) in [6.45, 7) is 1.69. The second-order valence-electron chi connectivity index (χ2n) is 8.49. The van der Waals surface area contributed by atoms with Crippen molar-refractivity contribution in [2.24, 2.45) is 0 Å². The van der Waals surface area contributed by atoms with Crippen molar-refractivity contribution in [1.29, 1.82) is 0 Å². The van der Waals surface area contributed by atoms with Gasteiger partial charge in [0.25, 0.3) is 0 Å². The molecular weight excluding hydrogens is 465 g/mol. The number of aliphatic hydroxyl groups excluding tert-OH is 1. The minimum absolute atomic E-state index is 0.131. The van der Waals surface area contributed by atoms with Gasteiger partial charge in [0.2, 0.25) is 5.91 Å². The van der Waals surface area contributed by atoms with Gasteiger partial charge in [-0.3, -0.25) is 4.79 Å². The molecule has 8 nitrogen and oxygen atoms in total. The minimum atomic E-state index is -3.43. The summed E-state index contributed by atoms with van der Waals surface area (Å²) in [5.74, 6) is -1.71. The van der Waals surface area contributed by atoms with Gasteiger partial charge < -0.3 is 19.3 Å². The van der Waals surface area contributed by atoms with Crippen molar-refractivity contribution in [2.45, 2.75) is 25.5 Å². The lowest BCUT2D eigenvalue weighted by Crippen LogP contribution is -2.43. The third-order valence-corrected chi connectivity index (χ3v) is 7.86. The molecule has 0 radical (unpaired) electrons. The molecule has 34 heavy (non-hydrogen) atoms. The maximum absolute atomic E-state index is 13.3. The van der Waals surface area contributed by atoms with Crippen LogP contribution < -0.4 is 10.9 Å². The van der Waals surface area contributed by atoms with Crippen molar-refractivity contribution in [1.82, 2.24) is 5.32 Å². The van der Waals surface area contributed by atoms with Crippen LogP contribution in [-0.4, -0.2) is 43.1 Å². The third kappa shape index (κ3) is 3.99. The van der Waals surface area contributed by atoms with E-state index in [2.05, 4.69) is 5.32 Å². The number of furan rings is 1. The maximum atomic E-state index is 13.3. The zero-order chi connectivity index (χ0) is 24.2. The molecule has 2 N–H and O–H groups in total. The Hall–Kier alpha value is -3.50. The van der Waals surface area contributed by atoms with Crippen LogP contribution in [-0.2, 0) is 21.1 Å². The first-order chi connectivity index (χ1) is 16.1. The number of halogens is 1. The van der Waals surface area contributed by atoms with E-state index in [9.17, 15) is 27.5 Å². The molecule has 4 aromatic rings. The highest BCUT2D eigenvalue weighted by atomic mass is 32.2. The molecule has 1 saturated heterocycles. The average molecular weight is 485 g/mol. The van der Waals surface area contributed by atoms with Crippen LogP contribution >= 0.6 is 0 Å². The number of rotatable bonds is 4. The molecule has 0 saturated carbocycles. The van der Waals surface area contributed by atoms with Crippen LogP contribution in [0.2, 0.25) is 0 Å². The van der Waals surface area contributed by atoms with E-state index in [0.29, 0.717) is 16.5 Å². The number of carbonyl (C=O) groups is 1. The monoisotopic (exact) mass is 485 g/mol. The Morgan fingerprint density at radius 3 is 2.56 bits per heavy atom. The summed E-state index contributed by atoms with van der Waals surface area (Å²) >= 11 is 0. The molecule has 5 rings (SSSR count). The summed E-state index contributed by atoms with van der Waals surface area (Å²) in [7, 11) is -3.43. The number of sulfone groups is 1. The lowest BCUT2D eigenvalue weighted by molar-refractivity contribution is -0.121. The standard InChI is InChI=1S/C24H20FNO7S/c1-12-15-6-17-18(13-2-4-14(25)5-3-13)9-32-21(17)8-22(15)33-24(29)16(12)7-23(28)26-19-10-34(30,31)11-20(19)27/h2-6,8-9,19-20,27H,7,10-11H2,1H3,(H,26,28)/t19-,20+/m1/s1. The molecule has 2 aromatic heterocycles. The van der Waals surface area contributed by atoms with Gasteiger partial charge in [-0.1, -0.05) is 12.1 Å². The topological polar surface area (TPSA) is 127 Å². The number of fused-ring (bicyclic) bond motifs is 2. The quantitative estimate of drug-likeness (QED) is 0.425. The number of nitrogens with one attached hydrogen (secondary N) is 1. The summed E-state index contributed by atoms with van der Waals surface area (Å²) in [5.41, 5.74) is 2.23. The zero-order valence-electron chi connectivity index (χ0n) is 18.0. The largest absolute Gasteiger partial charge is 0.464 e. The Labute approximate surface area is 192 Å². The summed E-state index contributed by atoms with van der Waals surface area (Å²) in [6.07, 6.45) is 0.0172. The van der Waals surface area contributed by atoms with Gasteiger partial charge in [-0.05, 0) is 36.2 Å². The van der Waals surface area contributed by atoms with E-state index in [1.54, 1.807) is 37.5 Å². The lowest BCUT2D eigenvalue weighted by atomic mass is 9.99. The predicted molar refractivity (Wildman–Crippen MR) is 123 cm³/mol. The molecule has 1 aliphatic rings. The van der Waals surface area contributed by atoms with E-state index >= 15 is 0 Å². The first kappa shape index (κ1) is 22.3. The van der Waals surface area contributed by atoms with Crippen molar-refractivity contribution in [3.63, 3.8) is 0 Å². The van der Waals surface area contributed by atoms with Crippen LogP contribution in [0.15, 0.2) is 56.3 Å². The molecule has 0 aliphatic carbocycles. The van der Waals surface area contributed by atoms with Gasteiger partial charge in [0.1, 0.15) is 17.0 Å². The number of amides is 1. The highest BCUT2D eigenvalue weighted by molar-refractivity contribution is 7.91. The van der Waals surface area contributed by atoms with Gasteiger partial charge >= 0.3 is 5.63 Å². The Bertz CT molecular complexity index is 1600. The Kier molecular flexibility index (Phi) is 5.29. The van der Waals surface area contributed by atoms with Crippen LogP contribution in [0.1, 0.15) is 11.1 Å². The summed E-state index contributed by atoms with van der Waals surface area (Å²) in [5, 5.41) is 13.7. The van der Waals surface area contributed by atoms with Crippen LogP contribution in [0.3, 0.4) is 0 Å². The fraction of sp³-hybridized carbons (Fsp3) is 0.250. The fourth-order valence-electron chi connectivity index (χ4n) is 4.35. The molecule has 1 amide bonds. The smallest absolute Gasteiger partial charge is 0.340 e. The second kappa shape index (κ2) is 8.07. The van der Waals surface area contributed by atoms with E-state index < -0.39 is 39.3 Å². The molecule has 0 spiro atoms. The zero-order valence-corrected chi connectivity index (χ0v) is 18.8. The van der Waals surface area contributed by atoms with E-state index in [0.717, 1.165) is 16.5 Å². The van der Waals surface area contributed by atoms with Crippen LogP contribution in [0.5, 0.6) is 0 Å². The Morgan fingerprint density at radius 2 is 1.88 bits per heavy atom. The lowest BCUT2D eigenvalue weighted by Gasteiger charge is -2.15. The summed E-state index contributed by atoms with van der Waals surface area (Å²) in [6, 6.07) is 8.43. The number of hydrogen-bond acceptors (Lipinski definition) is 7. The number of hydrogen-bond donors (Lipinski definition) is 2. The van der Waals surface area contributed by atoms with E-state index in [1.165, 1.54) is 12.1 Å². The van der Waals surface area contributed by atoms with Gasteiger partial charge in [-0.15, -0.1) is 0 Å². The highest BCUT2D eigenvalue weighted by Gasteiger charge is 2.37. The second-order valence-corrected chi connectivity index (χ2v) is 10.6. The predicted octanol–water partition coefficient (Wildman–Crippen LogP) is 2.47.